The largest absolute Gasteiger partial charge is 0.466 e. The lowest BCUT2D eigenvalue weighted by atomic mass is 9.91. The van der Waals surface area contributed by atoms with E-state index in [0.29, 0.717) is 11.9 Å². The van der Waals surface area contributed by atoms with Crippen LogP contribution in [-0.4, -0.2) is 41.4 Å². The van der Waals surface area contributed by atoms with Gasteiger partial charge < -0.3 is 15.4 Å². The maximum absolute atomic E-state index is 5.90. The summed E-state index contributed by atoms with van der Waals surface area (Å²) in [7, 11) is 1.56. The van der Waals surface area contributed by atoms with Crippen LogP contribution in [0.4, 0.5) is 5.95 Å². The Morgan fingerprint density at radius 3 is 2.69 bits per heavy atom. The van der Waals surface area contributed by atoms with E-state index in [1.54, 1.807) is 7.11 Å². The second-order valence-electron chi connectivity index (χ2n) is 4.33. The SMILES string of the molecule is COc1n[nH]c(N2CCC(C(C)N)CC2)n1. The van der Waals surface area contributed by atoms with E-state index in [0.717, 1.165) is 31.9 Å². The number of H-pyrrole nitrogens is 1. The van der Waals surface area contributed by atoms with E-state index in [-0.39, 0.29) is 6.04 Å². The van der Waals surface area contributed by atoms with Crippen molar-refractivity contribution in [3.63, 3.8) is 0 Å². The fourth-order valence-electron chi connectivity index (χ4n) is 2.11. The number of nitrogens with zero attached hydrogens (tertiary/aromatic N) is 3. The highest BCUT2D eigenvalue weighted by molar-refractivity contribution is 5.30. The van der Waals surface area contributed by atoms with Gasteiger partial charge in [-0.15, -0.1) is 5.10 Å². The minimum absolute atomic E-state index is 0.284. The lowest BCUT2D eigenvalue weighted by Crippen LogP contribution is -2.40. The lowest BCUT2D eigenvalue weighted by molar-refractivity contribution is 0.352. The highest BCUT2D eigenvalue weighted by Gasteiger charge is 2.23. The van der Waals surface area contributed by atoms with Gasteiger partial charge in [0, 0.05) is 19.1 Å². The summed E-state index contributed by atoms with van der Waals surface area (Å²) in [6.07, 6.45) is 2.22. The minimum Gasteiger partial charge on any atom is -0.466 e. The first kappa shape index (κ1) is 11.2. The molecule has 1 aromatic rings. The van der Waals surface area contributed by atoms with Gasteiger partial charge in [-0.05, 0) is 25.7 Å². The van der Waals surface area contributed by atoms with Crippen LogP contribution in [0.3, 0.4) is 0 Å². The summed E-state index contributed by atoms with van der Waals surface area (Å²) in [5.41, 5.74) is 5.90. The average molecular weight is 225 g/mol. The van der Waals surface area contributed by atoms with Crippen molar-refractivity contribution in [3.8, 4) is 6.01 Å². The molecule has 90 valence electrons. The molecule has 2 rings (SSSR count). The van der Waals surface area contributed by atoms with Crippen LogP contribution in [0.1, 0.15) is 19.8 Å². The van der Waals surface area contributed by atoms with Crippen LogP contribution in [0.25, 0.3) is 0 Å². The van der Waals surface area contributed by atoms with E-state index in [9.17, 15) is 0 Å². The molecule has 0 saturated carbocycles. The predicted octanol–water partition coefficient (Wildman–Crippen LogP) is 0.377. The van der Waals surface area contributed by atoms with Gasteiger partial charge in [0.1, 0.15) is 0 Å². The summed E-state index contributed by atoms with van der Waals surface area (Å²) < 4.78 is 4.94. The summed E-state index contributed by atoms with van der Waals surface area (Å²) in [4.78, 5) is 6.42. The van der Waals surface area contributed by atoms with Crippen LogP contribution in [0.15, 0.2) is 0 Å². The van der Waals surface area contributed by atoms with E-state index >= 15 is 0 Å². The molecule has 1 aliphatic heterocycles. The van der Waals surface area contributed by atoms with E-state index in [1.165, 1.54) is 0 Å². The molecule has 1 saturated heterocycles. The van der Waals surface area contributed by atoms with Crippen LogP contribution in [-0.2, 0) is 0 Å². The third kappa shape index (κ3) is 2.27. The van der Waals surface area contributed by atoms with Gasteiger partial charge in [0.05, 0.1) is 7.11 Å². The second kappa shape index (κ2) is 4.69. The summed E-state index contributed by atoms with van der Waals surface area (Å²) >= 11 is 0. The summed E-state index contributed by atoms with van der Waals surface area (Å²) in [6, 6.07) is 0.677. The second-order valence-corrected chi connectivity index (χ2v) is 4.33. The Balaban J connectivity index is 1.93. The first-order chi connectivity index (χ1) is 7.70. The Morgan fingerprint density at radius 1 is 1.50 bits per heavy atom. The number of hydrogen-bond donors (Lipinski definition) is 2. The normalized spacial score (nSPS) is 19.8. The van der Waals surface area contributed by atoms with Gasteiger partial charge in [-0.25, -0.2) is 5.10 Å². The summed E-state index contributed by atoms with van der Waals surface area (Å²) in [5, 5.41) is 6.82. The number of nitrogens with two attached hydrogens (primary N) is 1. The van der Waals surface area contributed by atoms with Crippen LogP contribution in [0, 0.1) is 5.92 Å². The first-order valence-corrected chi connectivity index (χ1v) is 5.67. The highest BCUT2D eigenvalue weighted by atomic mass is 16.5. The standard InChI is InChI=1S/C10H19N5O/c1-7(11)8-3-5-15(6-4-8)9-12-10(16-2)14-13-9/h7-8H,3-6,11H2,1-2H3,(H,12,13,14). The Bertz CT molecular complexity index is 330. The predicted molar refractivity (Wildman–Crippen MR) is 61.5 cm³/mol. The van der Waals surface area contributed by atoms with Crippen molar-refractivity contribution >= 4 is 5.95 Å². The molecule has 6 heteroatoms. The number of aromatic nitrogens is 3. The smallest absolute Gasteiger partial charge is 0.336 e. The molecule has 0 aromatic carbocycles. The van der Waals surface area contributed by atoms with E-state index in [2.05, 4.69) is 27.0 Å². The number of methoxy groups -OCH3 is 1. The van der Waals surface area contributed by atoms with Crippen molar-refractivity contribution in [2.24, 2.45) is 11.7 Å². The molecule has 6 nitrogen and oxygen atoms in total. The molecule has 16 heavy (non-hydrogen) atoms. The van der Waals surface area contributed by atoms with Crippen molar-refractivity contribution in [2.75, 3.05) is 25.1 Å². The molecule has 1 fully saturated rings. The van der Waals surface area contributed by atoms with Crippen LogP contribution in [0.5, 0.6) is 6.01 Å². The topological polar surface area (TPSA) is 80.1 Å². The van der Waals surface area contributed by atoms with E-state index in [4.69, 9.17) is 10.5 Å². The average Bonchev–Trinajstić information content (AvgIpc) is 2.77. The van der Waals surface area contributed by atoms with Gasteiger partial charge in [-0.2, -0.15) is 4.98 Å². The van der Waals surface area contributed by atoms with Crippen molar-refractivity contribution in [1.82, 2.24) is 15.2 Å². The maximum atomic E-state index is 5.90. The fraction of sp³-hybridized carbons (Fsp3) is 0.800. The molecule has 0 spiro atoms. The monoisotopic (exact) mass is 225 g/mol. The molecular formula is C10H19N5O. The number of anilines is 1. The lowest BCUT2D eigenvalue weighted by Gasteiger charge is -2.33. The van der Waals surface area contributed by atoms with Gasteiger partial charge in [0.15, 0.2) is 0 Å². The molecule has 0 radical (unpaired) electrons. The van der Waals surface area contributed by atoms with Crippen molar-refractivity contribution in [2.45, 2.75) is 25.8 Å². The molecule has 1 unspecified atom stereocenters. The molecule has 1 aromatic heterocycles. The van der Waals surface area contributed by atoms with Crippen molar-refractivity contribution in [3.05, 3.63) is 0 Å². The molecule has 3 N–H and O–H groups in total. The van der Waals surface area contributed by atoms with Gasteiger partial charge >= 0.3 is 6.01 Å². The molecular weight excluding hydrogens is 206 g/mol. The zero-order valence-electron chi connectivity index (χ0n) is 9.81. The molecule has 1 atom stereocenters. The molecule has 0 aliphatic carbocycles. The van der Waals surface area contributed by atoms with Gasteiger partial charge in [-0.1, -0.05) is 0 Å². The summed E-state index contributed by atoms with van der Waals surface area (Å²) in [6.45, 7) is 4.03. The number of ether oxygens (including phenoxy) is 1. The van der Waals surface area contributed by atoms with Crippen LogP contribution in [0.2, 0.25) is 0 Å². The first-order valence-electron chi connectivity index (χ1n) is 5.67. The number of piperidine rings is 1. The Morgan fingerprint density at radius 2 is 2.19 bits per heavy atom. The van der Waals surface area contributed by atoms with Crippen LogP contribution < -0.4 is 15.4 Å². The van der Waals surface area contributed by atoms with Crippen LogP contribution >= 0.6 is 0 Å². The maximum Gasteiger partial charge on any atom is 0.336 e. The number of hydrogen-bond acceptors (Lipinski definition) is 5. The highest BCUT2D eigenvalue weighted by Crippen LogP contribution is 2.22. The number of aromatic amines is 1. The third-order valence-corrected chi connectivity index (χ3v) is 3.22. The molecule has 1 aliphatic rings. The van der Waals surface area contributed by atoms with Gasteiger partial charge in [0.2, 0.25) is 5.95 Å². The van der Waals surface area contributed by atoms with Gasteiger partial charge in [0.25, 0.3) is 0 Å². The number of rotatable bonds is 3. The number of nitrogens with one attached hydrogen (secondary N) is 1. The Kier molecular flexibility index (Phi) is 3.28. The van der Waals surface area contributed by atoms with Crippen molar-refractivity contribution in [1.29, 1.82) is 0 Å². The van der Waals surface area contributed by atoms with Crippen molar-refractivity contribution < 1.29 is 4.74 Å². The molecule has 0 amide bonds. The third-order valence-electron chi connectivity index (χ3n) is 3.22. The summed E-state index contributed by atoms with van der Waals surface area (Å²) in [5.74, 6) is 1.42. The minimum atomic E-state index is 0.284. The molecule has 0 bridgehead atoms. The molecule has 2 heterocycles. The zero-order chi connectivity index (χ0) is 11.5. The van der Waals surface area contributed by atoms with Gasteiger partial charge in [-0.3, -0.25) is 0 Å². The Hall–Kier alpha value is -1.30. The quantitative estimate of drug-likeness (QED) is 0.777. The van der Waals surface area contributed by atoms with E-state index in [1.807, 2.05) is 0 Å². The van der Waals surface area contributed by atoms with E-state index < -0.39 is 0 Å². The zero-order valence-corrected chi connectivity index (χ0v) is 9.81. The fourth-order valence-corrected chi connectivity index (χ4v) is 2.11. The Labute approximate surface area is 95.2 Å².